The van der Waals surface area contributed by atoms with Gasteiger partial charge in [-0.1, -0.05) is 12.2 Å². The van der Waals surface area contributed by atoms with Crippen LogP contribution in [0.1, 0.15) is 18.8 Å². The first-order valence-corrected chi connectivity index (χ1v) is 6.50. The van der Waals surface area contributed by atoms with Crippen molar-refractivity contribution < 1.29 is 8.42 Å². The minimum absolute atomic E-state index is 0.0716. The molecule has 1 rings (SSSR count). The lowest BCUT2D eigenvalue weighted by molar-refractivity contribution is 0.557. The number of hydrogen-bond donors (Lipinski definition) is 2. The molecule has 3 N–H and O–H groups in total. The van der Waals surface area contributed by atoms with E-state index in [9.17, 15) is 8.42 Å². The lowest BCUT2D eigenvalue weighted by Gasteiger charge is -2.12. The van der Waals surface area contributed by atoms with Gasteiger partial charge in [0.1, 0.15) is 17.9 Å². The number of hydrogen-bond acceptors (Lipinski definition) is 5. The van der Waals surface area contributed by atoms with Crippen molar-refractivity contribution in [3.05, 3.63) is 12.2 Å². The number of nitrogens with two attached hydrogens (primary N) is 1. The number of aromatic nitrogens is 3. The summed E-state index contributed by atoms with van der Waals surface area (Å²) in [5, 5.41) is 7.46. The minimum Gasteiger partial charge on any atom is -0.392 e. The highest BCUT2D eigenvalue weighted by molar-refractivity contribution is 7.92. The first-order valence-electron chi connectivity index (χ1n) is 4.44. The Labute approximate surface area is 99.1 Å². The molecular weight excluding hydrogens is 250 g/mol. The van der Waals surface area contributed by atoms with Gasteiger partial charge in [-0.2, -0.15) is 0 Å². The van der Waals surface area contributed by atoms with Crippen LogP contribution in [0.2, 0.25) is 0 Å². The molecule has 1 aromatic heterocycles. The molecule has 9 heteroatoms. The summed E-state index contributed by atoms with van der Waals surface area (Å²) in [6, 6.07) is -0.480. The Morgan fingerprint density at radius 1 is 1.75 bits per heavy atom. The van der Waals surface area contributed by atoms with Gasteiger partial charge in [-0.25, -0.2) is 13.1 Å². The molecule has 1 unspecified atom stereocenters. The van der Waals surface area contributed by atoms with E-state index >= 15 is 0 Å². The maximum Gasteiger partial charge on any atom is 0.218 e. The Hall–Kier alpha value is -1.06. The molecule has 16 heavy (non-hydrogen) atoms. The van der Waals surface area contributed by atoms with Crippen molar-refractivity contribution in [2.24, 2.45) is 12.8 Å². The maximum absolute atomic E-state index is 11.5. The van der Waals surface area contributed by atoms with Gasteiger partial charge in [-0.15, -0.1) is 10.2 Å². The number of nitrogens with one attached hydrogen (secondary N) is 1. The highest BCUT2D eigenvalue weighted by Crippen LogP contribution is 2.08. The predicted molar refractivity (Wildman–Crippen MR) is 63.1 cm³/mol. The summed E-state index contributed by atoms with van der Waals surface area (Å²) in [4.78, 5) is -0.0716. The zero-order valence-corrected chi connectivity index (χ0v) is 10.5. The molecule has 1 atom stereocenters. The first kappa shape index (κ1) is 13.0. The predicted octanol–water partition coefficient (Wildman–Crippen LogP) is -0.918. The third kappa shape index (κ3) is 3.51. The van der Waals surface area contributed by atoms with E-state index in [1.54, 1.807) is 18.5 Å². The quantitative estimate of drug-likeness (QED) is 0.666. The molecule has 0 aliphatic heterocycles. The van der Waals surface area contributed by atoms with Crippen LogP contribution in [0.3, 0.4) is 0 Å². The van der Waals surface area contributed by atoms with E-state index in [0.717, 1.165) is 0 Å². The van der Waals surface area contributed by atoms with Gasteiger partial charge in [0, 0.05) is 7.05 Å². The van der Waals surface area contributed by atoms with Gasteiger partial charge < -0.3 is 10.3 Å². The molecule has 1 aromatic rings. The van der Waals surface area contributed by atoms with Gasteiger partial charge in [-0.3, -0.25) is 0 Å². The Morgan fingerprint density at radius 2 is 2.38 bits per heavy atom. The Bertz CT molecular complexity index is 481. The van der Waals surface area contributed by atoms with Crippen LogP contribution in [0, 0.1) is 0 Å². The molecule has 0 amide bonds. The molecular formula is C7H13N5O2S2. The Kier molecular flexibility index (Phi) is 3.94. The molecule has 7 nitrogen and oxygen atoms in total. The van der Waals surface area contributed by atoms with Crippen molar-refractivity contribution in [2.45, 2.75) is 13.0 Å². The fourth-order valence-electron chi connectivity index (χ4n) is 1.24. The number of thiocarbonyl (C=S) groups is 1. The standard InChI is InChI=1S/C7H13N5O2S2/c1-5(7-10-9-4-12(7)2)11-16(13,14)3-6(8)15/h4-5,11H,3H2,1-2H3,(H2,8,15). The van der Waals surface area contributed by atoms with Crippen LogP contribution in [0.4, 0.5) is 0 Å². The third-order valence-corrected chi connectivity index (χ3v) is 3.55. The van der Waals surface area contributed by atoms with Gasteiger partial charge >= 0.3 is 0 Å². The topological polar surface area (TPSA) is 103 Å². The second-order valence-corrected chi connectivity index (χ2v) is 5.64. The summed E-state index contributed by atoms with van der Waals surface area (Å²) in [5.41, 5.74) is 5.18. The first-order chi connectivity index (χ1) is 7.32. The van der Waals surface area contributed by atoms with E-state index in [0.29, 0.717) is 5.82 Å². The highest BCUT2D eigenvalue weighted by atomic mass is 32.2. The van der Waals surface area contributed by atoms with Crippen LogP contribution in [0.5, 0.6) is 0 Å². The van der Waals surface area contributed by atoms with Crippen LogP contribution in [-0.2, 0) is 17.1 Å². The molecule has 0 aliphatic rings. The van der Waals surface area contributed by atoms with E-state index < -0.39 is 16.1 Å². The van der Waals surface area contributed by atoms with Crippen molar-refractivity contribution in [1.82, 2.24) is 19.5 Å². The summed E-state index contributed by atoms with van der Waals surface area (Å²) in [5.74, 6) is 0.149. The molecule has 0 aromatic carbocycles. The van der Waals surface area contributed by atoms with Gasteiger partial charge in [0.05, 0.1) is 11.0 Å². The van der Waals surface area contributed by atoms with Crippen LogP contribution < -0.4 is 10.5 Å². The van der Waals surface area contributed by atoms with E-state index in [-0.39, 0.29) is 10.7 Å². The van der Waals surface area contributed by atoms with Gasteiger partial charge in [-0.05, 0) is 6.92 Å². The summed E-state index contributed by atoms with van der Waals surface area (Å²) in [7, 11) is -1.79. The number of sulfonamides is 1. The van der Waals surface area contributed by atoms with Crippen molar-refractivity contribution in [2.75, 3.05) is 5.75 Å². The van der Waals surface area contributed by atoms with Crippen molar-refractivity contribution in [3.63, 3.8) is 0 Å². The smallest absolute Gasteiger partial charge is 0.218 e. The summed E-state index contributed by atoms with van der Waals surface area (Å²) >= 11 is 4.55. The van der Waals surface area contributed by atoms with E-state index in [2.05, 4.69) is 27.1 Å². The maximum atomic E-state index is 11.5. The Morgan fingerprint density at radius 3 is 2.81 bits per heavy atom. The zero-order chi connectivity index (χ0) is 12.3. The second-order valence-electron chi connectivity index (χ2n) is 3.36. The van der Waals surface area contributed by atoms with Gasteiger partial charge in [0.15, 0.2) is 0 Å². The van der Waals surface area contributed by atoms with Crippen LogP contribution in [-0.4, -0.2) is 33.9 Å². The summed E-state index contributed by atoms with van der Waals surface area (Å²) in [6.07, 6.45) is 1.49. The van der Waals surface area contributed by atoms with Gasteiger partial charge in [0.2, 0.25) is 10.0 Å². The van der Waals surface area contributed by atoms with E-state index in [4.69, 9.17) is 5.73 Å². The highest BCUT2D eigenvalue weighted by Gasteiger charge is 2.19. The summed E-state index contributed by atoms with van der Waals surface area (Å²) in [6.45, 7) is 1.67. The molecule has 1 heterocycles. The lowest BCUT2D eigenvalue weighted by Crippen LogP contribution is -2.34. The largest absolute Gasteiger partial charge is 0.392 e. The lowest BCUT2D eigenvalue weighted by atomic mass is 10.3. The average Bonchev–Trinajstić information content (AvgIpc) is 2.47. The zero-order valence-electron chi connectivity index (χ0n) is 8.91. The van der Waals surface area contributed by atoms with E-state index in [1.165, 1.54) is 6.33 Å². The van der Waals surface area contributed by atoms with Crippen molar-refractivity contribution in [1.29, 1.82) is 0 Å². The van der Waals surface area contributed by atoms with Crippen molar-refractivity contribution in [3.8, 4) is 0 Å². The normalized spacial score (nSPS) is 13.6. The second kappa shape index (κ2) is 4.85. The van der Waals surface area contributed by atoms with Crippen molar-refractivity contribution >= 4 is 27.2 Å². The third-order valence-electron chi connectivity index (χ3n) is 1.82. The molecule has 0 saturated carbocycles. The average molecular weight is 263 g/mol. The number of aryl methyl sites for hydroxylation is 1. The molecule has 0 radical (unpaired) electrons. The van der Waals surface area contributed by atoms with Crippen LogP contribution in [0.25, 0.3) is 0 Å². The minimum atomic E-state index is -3.52. The molecule has 0 aliphatic carbocycles. The SMILES string of the molecule is CC(NS(=O)(=O)CC(N)=S)c1nncn1C. The number of nitrogens with zero attached hydrogens (tertiary/aromatic N) is 3. The summed E-state index contributed by atoms with van der Waals surface area (Å²) < 4.78 is 27.1. The van der Waals surface area contributed by atoms with Gasteiger partial charge in [0.25, 0.3) is 0 Å². The fraction of sp³-hybridized carbons (Fsp3) is 0.571. The van der Waals surface area contributed by atoms with E-state index in [1.807, 2.05) is 0 Å². The number of rotatable bonds is 5. The Balaban J connectivity index is 2.75. The van der Waals surface area contributed by atoms with Crippen LogP contribution in [0.15, 0.2) is 6.33 Å². The molecule has 0 saturated heterocycles. The fourth-order valence-corrected chi connectivity index (χ4v) is 2.80. The molecule has 0 fully saturated rings. The van der Waals surface area contributed by atoms with Crippen LogP contribution >= 0.6 is 12.2 Å². The monoisotopic (exact) mass is 263 g/mol. The molecule has 90 valence electrons. The molecule has 0 bridgehead atoms. The molecule has 0 spiro atoms.